The molecule has 2 aromatic heterocycles. The van der Waals surface area contributed by atoms with Gasteiger partial charge in [-0.3, -0.25) is 5.21 Å². The molecule has 32 heavy (non-hydrogen) atoms. The van der Waals surface area contributed by atoms with Gasteiger partial charge in [-0.25, -0.2) is 23.0 Å². The fourth-order valence-electron chi connectivity index (χ4n) is 3.02. The largest absolute Gasteiger partial charge is 0.349 e. The molecule has 0 saturated heterocycles. The zero-order valence-electron chi connectivity index (χ0n) is 16.2. The average Bonchev–Trinajstić information content (AvgIpc) is 3.40. The first-order chi connectivity index (χ1) is 15.1. The van der Waals surface area contributed by atoms with Gasteiger partial charge in [-0.1, -0.05) is 29.8 Å². The normalized spacial score (nSPS) is 11.5. The maximum absolute atomic E-state index is 11.6. The summed E-state index contributed by atoms with van der Waals surface area (Å²) in [5, 5.41) is 20.7. The molecule has 0 radical (unpaired) electrons. The number of benzene rings is 2. The summed E-state index contributed by atoms with van der Waals surface area (Å²) in [4.78, 5) is 11.9. The monoisotopic (exact) mass is 489 g/mol. The lowest BCUT2D eigenvalue weighted by molar-refractivity contribution is 0.213. The van der Waals surface area contributed by atoms with Crippen molar-refractivity contribution in [1.82, 2.24) is 9.78 Å². The number of halogens is 1. The molecule has 9 nitrogen and oxygen atoms in total. The molecule has 0 spiro atoms. The fourth-order valence-corrected chi connectivity index (χ4v) is 4.65. The molecule has 2 heterocycles. The quantitative estimate of drug-likeness (QED) is 0.288. The average molecular weight is 490 g/mol. The first-order valence-electron chi connectivity index (χ1n) is 9.02. The minimum Gasteiger partial charge on any atom is -0.349 e. The molecule has 4 aromatic rings. The van der Waals surface area contributed by atoms with Gasteiger partial charge in [0.2, 0.25) is 10.0 Å². The Morgan fingerprint density at radius 3 is 2.41 bits per heavy atom. The van der Waals surface area contributed by atoms with Crippen LogP contribution in [0, 0.1) is 0 Å². The molecule has 0 aliphatic carbocycles. The van der Waals surface area contributed by atoms with Crippen LogP contribution in [0.25, 0.3) is 27.5 Å². The van der Waals surface area contributed by atoms with Gasteiger partial charge in [0, 0.05) is 10.6 Å². The number of rotatable bonds is 5. The maximum Gasteiger partial charge on any atom is 0.344 e. The molecule has 0 saturated carbocycles. The number of hydrogen-bond acceptors (Lipinski definition) is 6. The molecule has 5 N–H and O–H groups in total. The van der Waals surface area contributed by atoms with Gasteiger partial charge < -0.3 is 5.73 Å². The van der Waals surface area contributed by atoms with Crippen LogP contribution in [0.3, 0.4) is 0 Å². The molecular weight excluding hydrogens is 474 g/mol. The highest BCUT2D eigenvalue weighted by Crippen LogP contribution is 2.37. The second-order valence-corrected chi connectivity index (χ2v) is 9.66. The number of hydroxylamine groups is 1. The molecule has 0 aliphatic heterocycles. The van der Waals surface area contributed by atoms with Crippen molar-refractivity contribution in [3.63, 3.8) is 0 Å². The summed E-state index contributed by atoms with van der Waals surface area (Å²) in [5.74, 6) is 0. The minimum absolute atomic E-state index is 0.0229. The van der Waals surface area contributed by atoms with Crippen LogP contribution in [-0.4, -0.2) is 29.4 Å². The highest BCUT2D eigenvalue weighted by atomic mass is 35.5. The molecule has 164 valence electrons. The summed E-state index contributed by atoms with van der Waals surface area (Å²) < 4.78 is 24.8. The Labute approximate surface area is 192 Å². The Morgan fingerprint density at radius 1 is 1.09 bits per heavy atom. The summed E-state index contributed by atoms with van der Waals surface area (Å²) in [5.41, 5.74) is 7.60. The van der Waals surface area contributed by atoms with Gasteiger partial charge in [0.1, 0.15) is 10.7 Å². The van der Waals surface area contributed by atoms with Crippen molar-refractivity contribution in [3.05, 3.63) is 71.8 Å². The number of carbonyl (C=O) groups is 1. The van der Waals surface area contributed by atoms with Gasteiger partial charge in [-0.2, -0.15) is 10.2 Å². The van der Waals surface area contributed by atoms with E-state index in [2.05, 4.69) is 5.10 Å². The van der Waals surface area contributed by atoms with E-state index >= 15 is 0 Å². The van der Waals surface area contributed by atoms with Gasteiger partial charge in [0.15, 0.2) is 0 Å². The van der Waals surface area contributed by atoms with E-state index in [4.69, 9.17) is 22.5 Å². The van der Waals surface area contributed by atoms with Crippen molar-refractivity contribution in [3.8, 4) is 27.5 Å². The Bertz CT molecular complexity index is 1410. The van der Waals surface area contributed by atoms with Crippen LogP contribution < -0.4 is 15.9 Å². The Balaban J connectivity index is 1.85. The molecule has 0 aliphatic rings. The lowest BCUT2D eigenvalue weighted by Crippen LogP contribution is -2.31. The predicted molar refractivity (Wildman–Crippen MR) is 123 cm³/mol. The zero-order chi connectivity index (χ0) is 23.0. The standard InChI is InChI=1S/C20H16ClN5O4S2/c21-15-4-2-1-3-14(15)17-11-16(18-9-10-19(31-18)26(28)20(22)27)24-25(17)12-5-7-13(8-6-12)32(23,29)30/h1-11,28H,(H2,22,27)(H2,23,29,30). The molecule has 0 atom stereocenters. The molecule has 12 heteroatoms. The third-order valence-corrected chi connectivity index (χ3v) is 6.87. The number of aromatic nitrogens is 2. The number of nitrogens with two attached hydrogens (primary N) is 2. The van der Waals surface area contributed by atoms with Gasteiger partial charge in [-0.15, -0.1) is 11.3 Å². The number of thiophene rings is 1. The first kappa shape index (κ1) is 22.0. The van der Waals surface area contributed by atoms with Crippen molar-refractivity contribution in [1.29, 1.82) is 0 Å². The predicted octanol–water partition coefficient (Wildman–Crippen LogP) is 3.84. The summed E-state index contributed by atoms with van der Waals surface area (Å²) in [7, 11) is -3.84. The number of urea groups is 1. The van der Waals surface area contributed by atoms with E-state index in [0.29, 0.717) is 37.6 Å². The van der Waals surface area contributed by atoms with Crippen molar-refractivity contribution in [2.45, 2.75) is 4.90 Å². The van der Waals surface area contributed by atoms with Crippen LogP contribution in [0.15, 0.2) is 71.6 Å². The zero-order valence-corrected chi connectivity index (χ0v) is 18.6. The molecule has 0 bridgehead atoms. The Morgan fingerprint density at radius 2 is 1.78 bits per heavy atom. The number of anilines is 1. The smallest absolute Gasteiger partial charge is 0.344 e. The first-order valence-corrected chi connectivity index (χ1v) is 11.8. The second-order valence-electron chi connectivity index (χ2n) is 6.63. The van der Waals surface area contributed by atoms with Crippen LogP contribution >= 0.6 is 22.9 Å². The maximum atomic E-state index is 11.6. The van der Waals surface area contributed by atoms with Crippen molar-refractivity contribution >= 4 is 44.0 Å². The minimum atomic E-state index is -3.84. The third-order valence-electron chi connectivity index (χ3n) is 4.53. The van der Waals surface area contributed by atoms with Gasteiger partial charge in [0.25, 0.3) is 0 Å². The van der Waals surface area contributed by atoms with E-state index < -0.39 is 16.1 Å². The van der Waals surface area contributed by atoms with Crippen LogP contribution in [0.5, 0.6) is 0 Å². The number of sulfonamides is 1. The van der Waals surface area contributed by atoms with Crippen molar-refractivity contribution in [2.75, 3.05) is 5.06 Å². The number of nitrogens with zero attached hydrogens (tertiary/aromatic N) is 3. The summed E-state index contributed by atoms with van der Waals surface area (Å²) >= 11 is 7.53. The Hall–Kier alpha value is -3.22. The van der Waals surface area contributed by atoms with E-state index in [-0.39, 0.29) is 9.90 Å². The number of carbonyl (C=O) groups excluding carboxylic acids is 1. The van der Waals surface area contributed by atoms with E-state index in [9.17, 15) is 18.4 Å². The highest BCUT2D eigenvalue weighted by Gasteiger charge is 2.19. The van der Waals surface area contributed by atoms with Crippen molar-refractivity contribution in [2.24, 2.45) is 10.9 Å². The van der Waals surface area contributed by atoms with Gasteiger partial charge in [-0.05, 0) is 48.5 Å². The summed E-state index contributed by atoms with van der Waals surface area (Å²) in [6, 6.07) is 17.2. The fraction of sp³-hybridized carbons (Fsp3) is 0. The third kappa shape index (κ3) is 4.24. The van der Waals surface area contributed by atoms with Gasteiger partial charge >= 0.3 is 6.03 Å². The van der Waals surface area contributed by atoms with E-state index in [1.54, 1.807) is 47.1 Å². The SMILES string of the molecule is NC(=O)N(O)c1ccc(-c2cc(-c3ccccc3Cl)n(-c3ccc(S(N)(=O)=O)cc3)n2)s1. The Kier molecular flexibility index (Phi) is 5.75. The number of primary amides is 1. The molecular formula is C20H16ClN5O4S2. The van der Waals surface area contributed by atoms with Crippen LogP contribution in [0.1, 0.15) is 0 Å². The molecule has 2 amide bonds. The highest BCUT2D eigenvalue weighted by molar-refractivity contribution is 7.89. The molecule has 4 rings (SSSR count). The second kappa shape index (κ2) is 8.37. The van der Waals surface area contributed by atoms with E-state index in [1.165, 1.54) is 12.1 Å². The molecule has 2 aromatic carbocycles. The lowest BCUT2D eigenvalue weighted by atomic mass is 10.1. The topological polar surface area (TPSA) is 145 Å². The van der Waals surface area contributed by atoms with E-state index in [1.807, 2.05) is 12.1 Å². The van der Waals surface area contributed by atoms with Crippen LogP contribution in [-0.2, 0) is 10.0 Å². The van der Waals surface area contributed by atoms with Crippen molar-refractivity contribution < 1.29 is 18.4 Å². The lowest BCUT2D eigenvalue weighted by Gasteiger charge is -2.09. The van der Waals surface area contributed by atoms with E-state index in [0.717, 1.165) is 11.3 Å². The van der Waals surface area contributed by atoms with Crippen LogP contribution in [0.2, 0.25) is 5.02 Å². The summed E-state index contributed by atoms with van der Waals surface area (Å²) in [6.45, 7) is 0. The number of hydrogen-bond donors (Lipinski definition) is 3. The summed E-state index contributed by atoms with van der Waals surface area (Å²) in [6.07, 6.45) is 0. The van der Waals surface area contributed by atoms with Crippen LogP contribution in [0.4, 0.5) is 9.80 Å². The number of amides is 2. The molecule has 0 fully saturated rings. The van der Waals surface area contributed by atoms with Gasteiger partial charge in [0.05, 0.1) is 21.2 Å². The molecule has 0 unspecified atom stereocenters. The number of primary sulfonamides is 1.